The van der Waals surface area contributed by atoms with Crippen molar-refractivity contribution in [3.63, 3.8) is 0 Å². The number of anilines is 1. The first-order valence-corrected chi connectivity index (χ1v) is 14.3. The van der Waals surface area contributed by atoms with E-state index in [1.807, 2.05) is 6.26 Å². The van der Waals surface area contributed by atoms with Crippen molar-refractivity contribution in [2.75, 3.05) is 30.9 Å². The first-order chi connectivity index (χ1) is 18.0. The van der Waals surface area contributed by atoms with E-state index in [1.165, 1.54) is 16.8 Å². The van der Waals surface area contributed by atoms with Crippen LogP contribution in [0.25, 0.3) is 0 Å². The highest BCUT2D eigenvalue weighted by molar-refractivity contribution is 7.98. The van der Waals surface area contributed by atoms with Crippen molar-refractivity contribution in [1.82, 2.24) is 20.1 Å². The minimum Gasteiger partial charge on any atom is -0.488 e. The van der Waals surface area contributed by atoms with Crippen LogP contribution < -0.4 is 10.3 Å². The van der Waals surface area contributed by atoms with Gasteiger partial charge in [0.2, 0.25) is 11.4 Å². The van der Waals surface area contributed by atoms with E-state index in [9.17, 15) is 13.9 Å². The van der Waals surface area contributed by atoms with Crippen LogP contribution in [0.3, 0.4) is 0 Å². The molecule has 37 heavy (non-hydrogen) atoms. The Labute approximate surface area is 223 Å². The normalized spacial score (nSPS) is 22.7. The molecule has 3 N–H and O–H groups in total. The van der Waals surface area contributed by atoms with Crippen molar-refractivity contribution in [2.24, 2.45) is 5.10 Å². The van der Waals surface area contributed by atoms with E-state index in [1.54, 1.807) is 6.21 Å². The minimum absolute atomic E-state index is 0.0293. The zero-order valence-corrected chi connectivity index (χ0v) is 22.3. The van der Waals surface area contributed by atoms with Gasteiger partial charge in [-0.2, -0.15) is 5.10 Å². The van der Waals surface area contributed by atoms with Gasteiger partial charge in [-0.05, 0) is 56.7 Å². The molecule has 198 valence electrons. The molecule has 5 rings (SSSR count). The van der Waals surface area contributed by atoms with Gasteiger partial charge in [-0.1, -0.05) is 11.8 Å². The molecule has 2 aromatic rings. The van der Waals surface area contributed by atoms with Gasteiger partial charge in [-0.3, -0.25) is 0 Å². The van der Waals surface area contributed by atoms with E-state index in [2.05, 4.69) is 43.1 Å². The highest BCUT2D eigenvalue weighted by Gasteiger charge is 2.37. The minimum atomic E-state index is -1.33. The number of aliphatic hydroxyl groups is 1. The number of rotatable bonds is 7. The molecular formula is C24H31F2N7O2S2+2. The Kier molecular flexibility index (Phi) is 8.12. The average Bonchev–Trinajstić information content (AvgIpc) is 3.42. The highest BCUT2D eigenvalue weighted by Crippen LogP contribution is 2.32. The molecule has 1 saturated heterocycles. The van der Waals surface area contributed by atoms with Crippen molar-refractivity contribution in [3.05, 3.63) is 52.7 Å². The predicted octanol–water partition coefficient (Wildman–Crippen LogP) is 1.30. The maximum absolute atomic E-state index is 13.9. The van der Waals surface area contributed by atoms with Crippen molar-refractivity contribution in [2.45, 2.75) is 55.0 Å². The van der Waals surface area contributed by atoms with Crippen LogP contribution in [0.4, 0.5) is 14.5 Å². The zero-order chi connectivity index (χ0) is 25.9. The Morgan fingerprint density at radius 3 is 2.65 bits per heavy atom. The Bertz CT molecular complexity index is 1180. The number of hydrogen-bond donors (Lipinski definition) is 2. The lowest BCUT2D eigenvalue weighted by Crippen LogP contribution is -2.90. The molecule has 2 aliphatic heterocycles. The maximum atomic E-state index is 13.9. The number of thioether (sulfide) groups is 1. The molecule has 1 aromatic carbocycles. The lowest BCUT2D eigenvalue weighted by atomic mass is 10.1. The molecule has 0 bridgehead atoms. The number of nitrogens with two attached hydrogens (primary N) is 1. The fourth-order valence-electron chi connectivity index (χ4n) is 5.02. The molecule has 13 heteroatoms. The summed E-state index contributed by atoms with van der Waals surface area (Å²) in [6.07, 6.45) is 6.06. The summed E-state index contributed by atoms with van der Waals surface area (Å²) in [4.78, 5) is 6.72. The lowest BCUT2D eigenvalue weighted by Gasteiger charge is -2.38. The molecule has 0 amide bonds. The summed E-state index contributed by atoms with van der Waals surface area (Å²) in [6.45, 7) is 2.05. The second-order valence-corrected chi connectivity index (χ2v) is 10.4. The first-order valence-electron chi connectivity index (χ1n) is 12.4. The van der Waals surface area contributed by atoms with E-state index in [0.29, 0.717) is 35.5 Å². The van der Waals surface area contributed by atoms with Gasteiger partial charge in [0.15, 0.2) is 11.8 Å². The molecule has 0 spiro atoms. The number of benzene rings is 1. The van der Waals surface area contributed by atoms with Gasteiger partial charge in [0.1, 0.15) is 34.5 Å². The van der Waals surface area contributed by atoms with Crippen LogP contribution in [0.5, 0.6) is 0 Å². The van der Waals surface area contributed by atoms with Crippen LogP contribution in [0.2, 0.25) is 0 Å². The number of piperazine rings is 1. The Balaban J connectivity index is 1.45. The van der Waals surface area contributed by atoms with E-state index in [0.717, 1.165) is 61.8 Å². The van der Waals surface area contributed by atoms with Crippen LogP contribution in [0, 0.1) is 11.6 Å². The number of nitrogens with zero attached hydrogens (tertiary/aromatic N) is 6. The molecule has 2 unspecified atom stereocenters. The summed E-state index contributed by atoms with van der Waals surface area (Å²) < 4.78 is 34.2. The number of hydrazone groups is 1. The Morgan fingerprint density at radius 1 is 1.19 bits per heavy atom. The molecule has 2 atom stereocenters. The molecule has 2 fully saturated rings. The second kappa shape index (κ2) is 11.5. The van der Waals surface area contributed by atoms with E-state index in [-0.39, 0.29) is 17.8 Å². The predicted molar refractivity (Wildman–Crippen MR) is 140 cm³/mol. The average molecular weight is 552 g/mol. The molecule has 1 aliphatic carbocycles. The molecule has 9 nitrogen and oxygen atoms in total. The second-order valence-electron chi connectivity index (χ2n) is 9.25. The molecule has 3 aliphatic rings. The SMILES string of the molecule is CSc1nnc(C2CN(C3=C(OC4CCCC4)C(O)N(c4cc(F)cc(F)c4)N=C3)CC[NH2+]2)c(C[SH2+])n1. The van der Waals surface area contributed by atoms with Gasteiger partial charge in [-0.15, -0.1) is 10.2 Å². The maximum Gasteiger partial charge on any atom is 0.209 e. The number of allylic oxidation sites excluding steroid dienone is 1. The third-order valence-corrected chi connectivity index (χ3v) is 7.68. The first kappa shape index (κ1) is 26.1. The highest BCUT2D eigenvalue weighted by atomic mass is 32.2. The number of ether oxygens (including phenoxy) is 1. The van der Waals surface area contributed by atoms with Gasteiger partial charge in [0.25, 0.3) is 0 Å². The Morgan fingerprint density at radius 2 is 1.95 bits per heavy atom. The quantitative estimate of drug-likeness (QED) is 0.392. The van der Waals surface area contributed by atoms with E-state index in [4.69, 9.17) is 4.74 Å². The molecule has 3 heterocycles. The van der Waals surface area contributed by atoms with Crippen LogP contribution in [0.15, 0.2) is 39.9 Å². The Hall–Kier alpha value is -2.48. The summed E-state index contributed by atoms with van der Waals surface area (Å²) in [7, 11) is 0. The fraction of sp³-hybridized carbons (Fsp3) is 0.500. The van der Waals surface area contributed by atoms with Crippen molar-refractivity contribution in [1.29, 1.82) is 0 Å². The summed E-state index contributed by atoms with van der Waals surface area (Å²) >= 11 is 5.02. The lowest BCUT2D eigenvalue weighted by molar-refractivity contribution is -0.704. The van der Waals surface area contributed by atoms with Gasteiger partial charge in [0.05, 0.1) is 37.6 Å². The number of halogens is 2. The summed E-state index contributed by atoms with van der Waals surface area (Å²) in [5.41, 5.74) is 2.41. The van der Waals surface area contributed by atoms with Gasteiger partial charge in [0, 0.05) is 6.07 Å². The van der Waals surface area contributed by atoms with E-state index < -0.39 is 17.9 Å². The van der Waals surface area contributed by atoms with Crippen LogP contribution in [0.1, 0.15) is 43.1 Å². The van der Waals surface area contributed by atoms with Gasteiger partial charge < -0.3 is 20.1 Å². The number of quaternary nitrogens is 1. The monoisotopic (exact) mass is 551 g/mol. The zero-order valence-electron chi connectivity index (χ0n) is 20.5. The summed E-state index contributed by atoms with van der Waals surface area (Å²) in [6, 6.07) is 3.03. The standard InChI is InChI=1S/C24H29F2N7O2S2/c1-37-24-29-19(13-36)21(30-31-24)18-12-32(7-6-27-18)20-11-28-33(16-9-14(25)8-15(26)10-16)23(34)22(20)35-17-4-2-3-5-17/h8-11,17-18,23,27,34,36H,2-7,12-13H2,1H3/p+2. The van der Waals surface area contributed by atoms with E-state index >= 15 is 0 Å². The molecular weight excluding hydrogens is 520 g/mol. The fourth-order valence-corrected chi connectivity index (χ4v) is 5.60. The number of aliphatic hydroxyl groups excluding tert-OH is 1. The van der Waals surface area contributed by atoms with Crippen molar-refractivity contribution >= 4 is 36.3 Å². The molecule has 0 radical (unpaired) electrons. The topological polar surface area (TPSA) is 104 Å². The van der Waals surface area contributed by atoms with Crippen molar-refractivity contribution in [3.8, 4) is 0 Å². The van der Waals surface area contributed by atoms with Crippen LogP contribution >= 0.6 is 11.8 Å². The molecule has 1 saturated carbocycles. The number of aromatic nitrogens is 3. The molecule has 1 aromatic heterocycles. The van der Waals surface area contributed by atoms with Crippen molar-refractivity contribution < 1.29 is 23.9 Å². The van der Waals surface area contributed by atoms with Gasteiger partial charge in [-0.25, -0.2) is 18.8 Å². The van der Waals surface area contributed by atoms with Gasteiger partial charge >= 0.3 is 0 Å². The van der Waals surface area contributed by atoms with Crippen LogP contribution in [-0.2, 0) is 23.1 Å². The van der Waals surface area contributed by atoms with Crippen LogP contribution in [-0.4, -0.2) is 69.6 Å². The summed E-state index contributed by atoms with van der Waals surface area (Å²) in [5.74, 6) is -0.593. The summed E-state index contributed by atoms with van der Waals surface area (Å²) in [5, 5.41) is 28.5. The number of hydrogen-bond acceptors (Lipinski definition) is 9. The third-order valence-electron chi connectivity index (χ3n) is 6.81. The third kappa shape index (κ3) is 5.69. The smallest absolute Gasteiger partial charge is 0.209 e. The largest absolute Gasteiger partial charge is 0.488 e.